The molecule has 7 rings (SSSR count). The predicted molar refractivity (Wildman–Crippen MR) is 145 cm³/mol. The van der Waals surface area contributed by atoms with Gasteiger partial charge in [0, 0.05) is 42.6 Å². The number of piperidine rings is 1. The molecular formula is C32H31N3O. The van der Waals surface area contributed by atoms with Crippen LogP contribution in [0.4, 0.5) is 11.4 Å². The first kappa shape index (κ1) is 21.6. The molecule has 3 aliphatic heterocycles. The quantitative estimate of drug-likeness (QED) is 0.306. The molecule has 4 heterocycles. The Morgan fingerprint density at radius 3 is 2.31 bits per heavy atom. The summed E-state index contributed by atoms with van der Waals surface area (Å²) < 4.78 is 6.47. The Labute approximate surface area is 213 Å². The number of fused-ring (bicyclic) bond motifs is 4. The third-order valence-electron chi connectivity index (χ3n) is 8.29. The number of para-hydroxylation sites is 2. The number of hydrogen-bond acceptors (Lipinski definition) is 4. The van der Waals surface area contributed by atoms with Crippen LogP contribution in [-0.4, -0.2) is 34.6 Å². The van der Waals surface area contributed by atoms with E-state index in [-0.39, 0.29) is 0 Å². The van der Waals surface area contributed by atoms with E-state index in [2.05, 4.69) is 93.6 Å². The Hall–Kier alpha value is -3.63. The second-order valence-corrected chi connectivity index (χ2v) is 10.3. The van der Waals surface area contributed by atoms with Crippen molar-refractivity contribution < 1.29 is 4.74 Å². The van der Waals surface area contributed by atoms with Gasteiger partial charge in [0.15, 0.2) is 11.5 Å². The van der Waals surface area contributed by atoms with Gasteiger partial charge < -0.3 is 9.64 Å². The molecule has 4 heteroatoms. The summed E-state index contributed by atoms with van der Waals surface area (Å²) in [6.07, 6.45) is 9.89. The number of ether oxygens (including phenoxy) is 1. The number of anilines is 2. The predicted octanol–water partition coefficient (Wildman–Crippen LogP) is 7.23. The molecule has 0 radical (unpaired) electrons. The van der Waals surface area contributed by atoms with Crippen molar-refractivity contribution >= 4 is 11.4 Å². The molecule has 0 N–H and O–H groups in total. The molecule has 0 aliphatic carbocycles. The van der Waals surface area contributed by atoms with Crippen molar-refractivity contribution in [1.29, 1.82) is 0 Å². The molecule has 1 aromatic heterocycles. The first-order valence-electron chi connectivity index (χ1n) is 13.2. The normalized spacial score (nSPS) is 22.6. The number of pyridine rings is 1. The van der Waals surface area contributed by atoms with Gasteiger partial charge in [0.25, 0.3) is 0 Å². The van der Waals surface area contributed by atoms with Crippen LogP contribution in [0.15, 0.2) is 97.3 Å². The fraction of sp³-hybridized carbons (Fsp3) is 0.281. The molecule has 36 heavy (non-hydrogen) atoms. The van der Waals surface area contributed by atoms with Crippen LogP contribution in [0.25, 0.3) is 11.1 Å². The molecule has 2 saturated heterocycles. The maximum Gasteiger partial charge on any atom is 0.151 e. The van der Waals surface area contributed by atoms with Crippen molar-refractivity contribution in [2.75, 3.05) is 11.4 Å². The first-order chi connectivity index (χ1) is 17.8. The van der Waals surface area contributed by atoms with Gasteiger partial charge in [-0.3, -0.25) is 9.88 Å². The van der Waals surface area contributed by atoms with Crippen LogP contribution in [0, 0.1) is 0 Å². The van der Waals surface area contributed by atoms with Crippen molar-refractivity contribution in [2.45, 2.75) is 50.2 Å². The second-order valence-electron chi connectivity index (χ2n) is 10.3. The summed E-state index contributed by atoms with van der Waals surface area (Å²) in [5, 5.41) is 0. The number of benzene rings is 3. The van der Waals surface area contributed by atoms with E-state index in [1.54, 1.807) is 0 Å². The summed E-state index contributed by atoms with van der Waals surface area (Å²) in [6.45, 7) is 1.16. The Morgan fingerprint density at radius 2 is 1.50 bits per heavy atom. The van der Waals surface area contributed by atoms with Crippen LogP contribution in [-0.2, 0) is 6.42 Å². The highest BCUT2D eigenvalue weighted by atomic mass is 16.5. The standard InChI is InChI=1S/C32H31N3O/c1-2-7-23(8-3-1)16-18-34-26-13-14-27(34)21-28(20-26)35-29-10-4-5-11-31(29)36-32-19-24(12-15-30(32)35)25-9-6-17-33-22-25/h1-12,15,17,19,22,26-28H,13-14,16,18,20-21H2/t26-,27+,28-. The summed E-state index contributed by atoms with van der Waals surface area (Å²) in [7, 11) is 0. The zero-order valence-corrected chi connectivity index (χ0v) is 20.5. The zero-order chi connectivity index (χ0) is 23.9. The molecule has 3 atom stereocenters. The largest absolute Gasteiger partial charge is 0.453 e. The lowest BCUT2D eigenvalue weighted by molar-refractivity contribution is 0.129. The molecule has 2 fully saturated rings. The SMILES string of the molecule is c1ccc(CCN2[C@@H]3CC[C@H]2C[C@H](N2c4ccccc4Oc4cc(-c5cccnc5)ccc42)C3)cc1. The summed E-state index contributed by atoms with van der Waals surface area (Å²) >= 11 is 0. The van der Waals surface area contributed by atoms with E-state index in [1.807, 2.05) is 18.5 Å². The number of nitrogens with zero attached hydrogens (tertiary/aromatic N) is 3. The molecular weight excluding hydrogens is 442 g/mol. The smallest absolute Gasteiger partial charge is 0.151 e. The third kappa shape index (κ3) is 3.86. The average Bonchev–Trinajstić information content (AvgIpc) is 3.17. The molecule has 2 bridgehead atoms. The van der Waals surface area contributed by atoms with Gasteiger partial charge in [0.2, 0.25) is 0 Å². The van der Waals surface area contributed by atoms with E-state index in [4.69, 9.17) is 4.74 Å². The highest BCUT2D eigenvalue weighted by molar-refractivity contribution is 5.81. The van der Waals surface area contributed by atoms with Gasteiger partial charge in [0.05, 0.1) is 11.4 Å². The van der Waals surface area contributed by atoms with Crippen LogP contribution in [0.1, 0.15) is 31.2 Å². The van der Waals surface area contributed by atoms with Gasteiger partial charge in [-0.2, -0.15) is 0 Å². The molecule has 0 saturated carbocycles. The lowest BCUT2D eigenvalue weighted by Gasteiger charge is -2.46. The van der Waals surface area contributed by atoms with Gasteiger partial charge >= 0.3 is 0 Å². The summed E-state index contributed by atoms with van der Waals surface area (Å²) in [5.74, 6) is 1.89. The Morgan fingerprint density at radius 1 is 0.722 bits per heavy atom. The van der Waals surface area contributed by atoms with Crippen molar-refractivity contribution in [3.63, 3.8) is 0 Å². The summed E-state index contributed by atoms with van der Waals surface area (Å²) in [5.41, 5.74) is 6.07. The van der Waals surface area contributed by atoms with Gasteiger partial charge in [0.1, 0.15) is 0 Å². The molecule has 4 aromatic rings. The maximum atomic E-state index is 6.47. The first-order valence-corrected chi connectivity index (χ1v) is 13.2. The van der Waals surface area contributed by atoms with Crippen molar-refractivity contribution in [1.82, 2.24) is 9.88 Å². The second kappa shape index (κ2) is 9.11. The van der Waals surface area contributed by atoms with Gasteiger partial charge in [-0.15, -0.1) is 0 Å². The van der Waals surface area contributed by atoms with Crippen LogP contribution in [0.5, 0.6) is 11.5 Å². The number of hydrogen-bond donors (Lipinski definition) is 0. The molecule has 4 nitrogen and oxygen atoms in total. The average molecular weight is 474 g/mol. The summed E-state index contributed by atoms with van der Waals surface area (Å²) in [6, 6.07) is 32.0. The van der Waals surface area contributed by atoms with E-state index < -0.39 is 0 Å². The monoisotopic (exact) mass is 473 g/mol. The van der Waals surface area contributed by atoms with Crippen molar-refractivity contribution in [3.05, 3.63) is 103 Å². The highest BCUT2D eigenvalue weighted by Gasteiger charge is 2.44. The minimum atomic E-state index is 0.475. The summed E-state index contributed by atoms with van der Waals surface area (Å²) in [4.78, 5) is 9.70. The molecule has 3 aromatic carbocycles. The Bertz CT molecular complexity index is 1340. The molecule has 0 unspecified atom stereocenters. The number of aromatic nitrogens is 1. The molecule has 0 amide bonds. The van der Waals surface area contributed by atoms with Crippen LogP contribution in [0.2, 0.25) is 0 Å². The van der Waals surface area contributed by atoms with Crippen LogP contribution >= 0.6 is 0 Å². The minimum Gasteiger partial charge on any atom is -0.453 e. The highest BCUT2D eigenvalue weighted by Crippen LogP contribution is 2.51. The Balaban J connectivity index is 1.18. The van der Waals surface area contributed by atoms with Crippen LogP contribution < -0.4 is 9.64 Å². The topological polar surface area (TPSA) is 28.6 Å². The lowest BCUT2D eigenvalue weighted by Crippen LogP contribution is -2.50. The minimum absolute atomic E-state index is 0.475. The van der Waals surface area contributed by atoms with Crippen molar-refractivity contribution in [3.8, 4) is 22.6 Å². The Kier molecular flexibility index (Phi) is 5.47. The van der Waals surface area contributed by atoms with Crippen molar-refractivity contribution in [2.24, 2.45) is 0 Å². The van der Waals surface area contributed by atoms with E-state index >= 15 is 0 Å². The zero-order valence-electron chi connectivity index (χ0n) is 20.5. The van der Waals surface area contributed by atoms with E-state index in [0.29, 0.717) is 18.1 Å². The van der Waals surface area contributed by atoms with E-state index in [9.17, 15) is 0 Å². The third-order valence-corrected chi connectivity index (χ3v) is 8.29. The van der Waals surface area contributed by atoms with E-state index in [0.717, 1.165) is 35.6 Å². The fourth-order valence-electron chi connectivity index (χ4n) is 6.62. The van der Waals surface area contributed by atoms with Gasteiger partial charge in [-0.1, -0.05) is 54.6 Å². The van der Waals surface area contributed by atoms with Gasteiger partial charge in [-0.25, -0.2) is 0 Å². The van der Waals surface area contributed by atoms with E-state index in [1.165, 1.54) is 42.6 Å². The van der Waals surface area contributed by atoms with Gasteiger partial charge in [-0.05, 0) is 73.6 Å². The molecule has 3 aliphatic rings. The molecule has 180 valence electrons. The molecule has 0 spiro atoms. The number of rotatable bonds is 5. The fourth-order valence-corrected chi connectivity index (χ4v) is 6.62. The van der Waals surface area contributed by atoms with Crippen LogP contribution in [0.3, 0.4) is 0 Å². The lowest BCUT2D eigenvalue weighted by atomic mass is 9.93. The maximum absolute atomic E-state index is 6.47.